The number of carbonyl (C=O) groups is 1. The van der Waals surface area contributed by atoms with E-state index in [-0.39, 0.29) is 5.41 Å². The van der Waals surface area contributed by atoms with Crippen molar-refractivity contribution in [3.8, 4) is 0 Å². The lowest BCUT2D eigenvalue weighted by atomic mass is 9.73. The summed E-state index contributed by atoms with van der Waals surface area (Å²) in [5.41, 5.74) is 5.59. The van der Waals surface area contributed by atoms with Gasteiger partial charge >= 0.3 is 0 Å². The fraction of sp³-hybridized carbons (Fsp3) is 0.929. The number of nitrogens with two attached hydrogens (primary N) is 1. The maximum atomic E-state index is 12.3. The molecule has 2 nitrogen and oxygen atoms in total. The smallest absolute Gasteiger partial charge is 0.140 e. The topological polar surface area (TPSA) is 43.1 Å². The van der Waals surface area contributed by atoms with E-state index in [1.807, 2.05) is 0 Å². The molecular weight excluding hydrogens is 198 g/mol. The van der Waals surface area contributed by atoms with Gasteiger partial charge in [-0.25, -0.2) is 0 Å². The first-order valence-corrected chi connectivity index (χ1v) is 6.92. The van der Waals surface area contributed by atoms with E-state index < -0.39 is 0 Å². The minimum absolute atomic E-state index is 0.225. The summed E-state index contributed by atoms with van der Waals surface area (Å²) in [7, 11) is 0. The molecule has 94 valence electrons. The number of carbonyl (C=O) groups excluding carboxylic acids is 1. The van der Waals surface area contributed by atoms with Gasteiger partial charge in [-0.15, -0.1) is 0 Å². The van der Waals surface area contributed by atoms with Crippen LogP contribution in [0.2, 0.25) is 0 Å². The van der Waals surface area contributed by atoms with Gasteiger partial charge in [-0.05, 0) is 18.8 Å². The van der Waals surface area contributed by atoms with Crippen molar-refractivity contribution in [1.29, 1.82) is 0 Å². The second-order valence-electron chi connectivity index (χ2n) is 5.32. The van der Waals surface area contributed by atoms with Crippen molar-refractivity contribution >= 4 is 5.78 Å². The summed E-state index contributed by atoms with van der Waals surface area (Å²) >= 11 is 0. The highest BCUT2D eigenvalue weighted by molar-refractivity contribution is 5.85. The van der Waals surface area contributed by atoms with Crippen LogP contribution in [0.3, 0.4) is 0 Å². The van der Waals surface area contributed by atoms with Crippen molar-refractivity contribution in [3.05, 3.63) is 0 Å². The Morgan fingerprint density at radius 1 is 1.19 bits per heavy atom. The Hall–Kier alpha value is -0.370. The Morgan fingerprint density at radius 2 is 1.75 bits per heavy atom. The molecule has 0 heterocycles. The van der Waals surface area contributed by atoms with Gasteiger partial charge in [-0.2, -0.15) is 0 Å². The third-order valence-corrected chi connectivity index (χ3v) is 4.53. The molecule has 0 spiro atoms. The molecule has 0 unspecified atom stereocenters. The minimum Gasteiger partial charge on any atom is -0.329 e. The number of Topliss-reactive ketones (excluding diaryl/α,β-unsaturated/α-hetero) is 1. The van der Waals surface area contributed by atoms with Crippen LogP contribution in [-0.4, -0.2) is 12.3 Å². The molecule has 0 aliphatic heterocycles. The zero-order valence-electron chi connectivity index (χ0n) is 10.9. The molecular formula is C14H27NO. The zero-order chi connectivity index (χ0) is 12.0. The van der Waals surface area contributed by atoms with E-state index in [2.05, 4.69) is 13.8 Å². The molecule has 0 aromatic rings. The number of hydrogen-bond donors (Lipinski definition) is 1. The first-order valence-electron chi connectivity index (χ1n) is 6.92. The number of ketones is 1. The second-order valence-corrected chi connectivity index (χ2v) is 5.32. The zero-order valence-corrected chi connectivity index (χ0v) is 10.9. The Bertz CT molecular complexity index is 207. The Labute approximate surface area is 100.0 Å². The van der Waals surface area contributed by atoms with Crippen LogP contribution < -0.4 is 5.73 Å². The molecule has 0 aromatic carbocycles. The molecule has 1 aliphatic rings. The SMILES string of the molecule is CCC(CC)(CN)C(=O)CC1CCCCC1. The maximum Gasteiger partial charge on any atom is 0.140 e. The van der Waals surface area contributed by atoms with Gasteiger partial charge in [-0.1, -0.05) is 46.0 Å². The largest absolute Gasteiger partial charge is 0.329 e. The molecule has 0 saturated heterocycles. The van der Waals surface area contributed by atoms with E-state index in [9.17, 15) is 4.79 Å². The van der Waals surface area contributed by atoms with Crippen molar-refractivity contribution in [2.24, 2.45) is 17.1 Å². The van der Waals surface area contributed by atoms with E-state index in [0.29, 0.717) is 18.2 Å². The predicted octanol–water partition coefficient (Wildman–Crippen LogP) is 3.29. The molecule has 0 radical (unpaired) electrons. The van der Waals surface area contributed by atoms with E-state index in [1.54, 1.807) is 0 Å². The maximum absolute atomic E-state index is 12.3. The lowest BCUT2D eigenvalue weighted by Gasteiger charge is -2.31. The predicted molar refractivity (Wildman–Crippen MR) is 68.3 cm³/mol. The Balaban J connectivity index is 2.54. The minimum atomic E-state index is -0.225. The van der Waals surface area contributed by atoms with Gasteiger partial charge in [0.15, 0.2) is 0 Å². The molecule has 0 bridgehead atoms. The molecule has 0 aromatic heterocycles. The van der Waals surface area contributed by atoms with Crippen molar-refractivity contribution in [2.75, 3.05) is 6.54 Å². The summed E-state index contributed by atoms with van der Waals surface area (Å²) in [5, 5.41) is 0. The highest BCUT2D eigenvalue weighted by Gasteiger charge is 2.34. The van der Waals surface area contributed by atoms with E-state index in [0.717, 1.165) is 19.3 Å². The van der Waals surface area contributed by atoms with Crippen molar-refractivity contribution in [2.45, 2.75) is 65.2 Å². The lowest BCUT2D eigenvalue weighted by Crippen LogP contribution is -2.38. The molecule has 0 atom stereocenters. The quantitative estimate of drug-likeness (QED) is 0.753. The highest BCUT2D eigenvalue weighted by Crippen LogP contribution is 2.33. The van der Waals surface area contributed by atoms with Crippen LogP contribution in [0, 0.1) is 11.3 Å². The molecule has 0 amide bonds. The van der Waals surface area contributed by atoms with Gasteiger partial charge in [0.25, 0.3) is 0 Å². The van der Waals surface area contributed by atoms with Crippen molar-refractivity contribution in [3.63, 3.8) is 0 Å². The van der Waals surface area contributed by atoms with Crippen LogP contribution in [0.5, 0.6) is 0 Å². The van der Waals surface area contributed by atoms with Crippen LogP contribution in [0.15, 0.2) is 0 Å². The normalized spacial score (nSPS) is 18.7. The van der Waals surface area contributed by atoms with Crippen LogP contribution in [-0.2, 0) is 4.79 Å². The van der Waals surface area contributed by atoms with Crippen molar-refractivity contribution in [1.82, 2.24) is 0 Å². The average Bonchev–Trinajstić information content (AvgIpc) is 2.33. The summed E-state index contributed by atoms with van der Waals surface area (Å²) in [4.78, 5) is 12.3. The summed E-state index contributed by atoms with van der Waals surface area (Å²) < 4.78 is 0. The lowest BCUT2D eigenvalue weighted by molar-refractivity contribution is -0.130. The molecule has 2 N–H and O–H groups in total. The van der Waals surface area contributed by atoms with Gasteiger partial charge in [0.2, 0.25) is 0 Å². The summed E-state index contributed by atoms with van der Waals surface area (Å²) in [5.74, 6) is 1.07. The number of hydrogen-bond acceptors (Lipinski definition) is 2. The number of rotatable bonds is 6. The Morgan fingerprint density at radius 3 is 2.19 bits per heavy atom. The van der Waals surface area contributed by atoms with Crippen molar-refractivity contribution < 1.29 is 4.79 Å². The van der Waals surface area contributed by atoms with Crippen LogP contribution in [0.25, 0.3) is 0 Å². The fourth-order valence-electron chi connectivity index (χ4n) is 2.92. The average molecular weight is 225 g/mol. The van der Waals surface area contributed by atoms with E-state index in [1.165, 1.54) is 32.1 Å². The first kappa shape index (κ1) is 13.7. The summed E-state index contributed by atoms with van der Waals surface area (Å²) in [6.07, 6.45) is 9.04. The third-order valence-electron chi connectivity index (χ3n) is 4.53. The van der Waals surface area contributed by atoms with Crippen LogP contribution in [0.1, 0.15) is 65.2 Å². The highest BCUT2D eigenvalue weighted by atomic mass is 16.1. The molecule has 1 fully saturated rings. The van der Waals surface area contributed by atoms with E-state index in [4.69, 9.17) is 5.73 Å². The summed E-state index contributed by atoms with van der Waals surface area (Å²) in [6, 6.07) is 0. The standard InChI is InChI=1S/C14H27NO/c1-3-14(4-2,11-15)13(16)10-12-8-6-5-7-9-12/h12H,3-11,15H2,1-2H3. The second kappa shape index (κ2) is 6.39. The molecule has 16 heavy (non-hydrogen) atoms. The van der Waals surface area contributed by atoms with Gasteiger partial charge in [0.1, 0.15) is 5.78 Å². The Kier molecular flexibility index (Phi) is 5.47. The first-order chi connectivity index (χ1) is 7.68. The van der Waals surface area contributed by atoms with Gasteiger partial charge in [0.05, 0.1) is 0 Å². The van der Waals surface area contributed by atoms with Crippen LogP contribution in [0.4, 0.5) is 0 Å². The monoisotopic (exact) mass is 225 g/mol. The van der Waals surface area contributed by atoms with Crippen LogP contribution >= 0.6 is 0 Å². The van der Waals surface area contributed by atoms with Gasteiger partial charge in [0, 0.05) is 18.4 Å². The third kappa shape index (κ3) is 3.07. The summed E-state index contributed by atoms with van der Waals surface area (Å²) in [6.45, 7) is 4.70. The molecule has 1 saturated carbocycles. The molecule has 2 heteroatoms. The van der Waals surface area contributed by atoms with E-state index >= 15 is 0 Å². The fourth-order valence-corrected chi connectivity index (χ4v) is 2.92. The molecule has 1 aliphatic carbocycles. The molecule has 1 rings (SSSR count). The van der Waals surface area contributed by atoms with Gasteiger partial charge in [-0.3, -0.25) is 4.79 Å². The van der Waals surface area contributed by atoms with Gasteiger partial charge < -0.3 is 5.73 Å².